The smallest absolute Gasteiger partial charge is 0.262 e. The molecule has 0 atom stereocenters. The SMILES string of the molecule is N#CN(Cc1ccccc1)C(=O)C=C1NC(=O)c2ccccc21. The van der Waals surface area contributed by atoms with E-state index >= 15 is 0 Å². The summed E-state index contributed by atoms with van der Waals surface area (Å²) in [5.41, 5.74) is 2.47. The molecule has 0 spiro atoms. The lowest BCUT2D eigenvalue weighted by molar-refractivity contribution is -0.123. The first-order chi connectivity index (χ1) is 11.2. The van der Waals surface area contributed by atoms with E-state index in [0.717, 1.165) is 10.5 Å². The number of benzene rings is 2. The zero-order valence-corrected chi connectivity index (χ0v) is 12.2. The van der Waals surface area contributed by atoms with Crippen molar-refractivity contribution in [1.82, 2.24) is 10.2 Å². The number of nitrogens with zero attached hydrogens (tertiary/aromatic N) is 2. The van der Waals surface area contributed by atoms with Gasteiger partial charge in [-0.3, -0.25) is 9.59 Å². The summed E-state index contributed by atoms with van der Waals surface area (Å²) in [6.07, 6.45) is 3.17. The number of nitriles is 1. The molecule has 1 N–H and O–H groups in total. The van der Waals surface area contributed by atoms with Crippen LogP contribution in [0.4, 0.5) is 0 Å². The minimum absolute atomic E-state index is 0.190. The van der Waals surface area contributed by atoms with Crippen molar-refractivity contribution in [2.75, 3.05) is 0 Å². The second-order valence-electron chi connectivity index (χ2n) is 5.07. The Morgan fingerprint density at radius 2 is 1.74 bits per heavy atom. The van der Waals surface area contributed by atoms with E-state index in [1.165, 1.54) is 6.08 Å². The highest BCUT2D eigenvalue weighted by atomic mass is 16.2. The van der Waals surface area contributed by atoms with Gasteiger partial charge in [0.15, 0.2) is 6.19 Å². The van der Waals surface area contributed by atoms with Crippen molar-refractivity contribution < 1.29 is 9.59 Å². The minimum Gasteiger partial charge on any atom is -0.321 e. The molecular formula is C18H13N3O2. The lowest BCUT2D eigenvalue weighted by atomic mass is 10.1. The van der Waals surface area contributed by atoms with Crippen LogP contribution in [0.25, 0.3) is 5.70 Å². The average Bonchev–Trinajstić information content (AvgIpc) is 2.90. The number of rotatable bonds is 3. The van der Waals surface area contributed by atoms with Gasteiger partial charge in [0.05, 0.1) is 12.2 Å². The molecule has 0 saturated carbocycles. The maximum atomic E-state index is 12.3. The van der Waals surface area contributed by atoms with E-state index in [1.54, 1.807) is 24.3 Å². The number of hydrogen-bond acceptors (Lipinski definition) is 3. The number of carbonyl (C=O) groups excluding carboxylic acids is 2. The molecule has 2 aromatic carbocycles. The van der Waals surface area contributed by atoms with Crippen LogP contribution in [0, 0.1) is 11.5 Å². The van der Waals surface area contributed by atoms with Crippen LogP contribution in [-0.4, -0.2) is 16.7 Å². The third-order valence-corrected chi connectivity index (χ3v) is 3.55. The highest BCUT2D eigenvalue weighted by molar-refractivity contribution is 6.12. The molecule has 0 unspecified atom stereocenters. The van der Waals surface area contributed by atoms with Crippen LogP contribution in [-0.2, 0) is 11.3 Å². The molecule has 0 bridgehead atoms. The van der Waals surface area contributed by atoms with Crippen LogP contribution < -0.4 is 5.32 Å². The van der Waals surface area contributed by atoms with Crippen molar-refractivity contribution in [3.05, 3.63) is 77.4 Å². The van der Waals surface area contributed by atoms with E-state index in [0.29, 0.717) is 16.8 Å². The van der Waals surface area contributed by atoms with Gasteiger partial charge in [0.2, 0.25) is 0 Å². The summed E-state index contributed by atoms with van der Waals surface area (Å²) >= 11 is 0. The Hall–Kier alpha value is -3.39. The van der Waals surface area contributed by atoms with Crippen molar-refractivity contribution in [3.8, 4) is 6.19 Å². The normalized spacial score (nSPS) is 14.0. The molecule has 0 aromatic heterocycles. The van der Waals surface area contributed by atoms with Crippen molar-refractivity contribution in [3.63, 3.8) is 0 Å². The molecule has 3 rings (SSSR count). The topological polar surface area (TPSA) is 73.2 Å². The zero-order valence-electron chi connectivity index (χ0n) is 12.2. The Kier molecular flexibility index (Phi) is 3.89. The summed E-state index contributed by atoms with van der Waals surface area (Å²) in [7, 11) is 0. The number of carbonyl (C=O) groups is 2. The molecule has 5 nitrogen and oxygen atoms in total. The van der Waals surface area contributed by atoms with Crippen molar-refractivity contribution >= 4 is 17.5 Å². The van der Waals surface area contributed by atoms with E-state index in [9.17, 15) is 14.9 Å². The van der Waals surface area contributed by atoms with E-state index in [-0.39, 0.29) is 12.5 Å². The Morgan fingerprint density at radius 3 is 2.43 bits per heavy atom. The predicted molar refractivity (Wildman–Crippen MR) is 84.5 cm³/mol. The van der Waals surface area contributed by atoms with Crippen LogP contribution >= 0.6 is 0 Å². The molecule has 0 fully saturated rings. The first kappa shape index (κ1) is 14.5. The van der Waals surface area contributed by atoms with Gasteiger partial charge >= 0.3 is 0 Å². The number of amides is 2. The minimum atomic E-state index is -0.469. The second kappa shape index (κ2) is 6.16. The van der Waals surface area contributed by atoms with Gasteiger partial charge in [-0.05, 0) is 11.6 Å². The first-order valence-electron chi connectivity index (χ1n) is 7.06. The zero-order chi connectivity index (χ0) is 16.2. The Labute approximate surface area is 133 Å². The molecular weight excluding hydrogens is 290 g/mol. The average molecular weight is 303 g/mol. The van der Waals surface area contributed by atoms with Crippen LogP contribution in [0.15, 0.2) is 60.7 Å². The molecule has 0 aliphatic carbocycles. The van der Waals surface area contributed by atoms with Gasteiger partial charge in [-0.1, -0.05) is 48.5 Å². The maximum Gasteiger partial charge on any atom is 0.262 e. The highest BCUT2D eigenvalue weighted by Gasteiger charge is 2.24. The molecule has 23 heavy (non-hydrogen) atoms. The molecule has 5 heteroatoms. The summed E-state index contributed by atoms with van der Waals surface area (Å²) < 4.78 is 0. The number of fused-ring (bicyclic) bond motifs is 1. The van der Waals surface area contributed by atoms with Gasteiger partial charge in [-0.25, -0.2) is 4.90 Å². The highest BCUT2D eigenvalue weighted by Crippen LogP contribution is 2.24. The third-order valence-electron chi connectivity index (χ3n) is 3.55. The van der Waals surface area contributed by atoms with Crippen molar-refractivity contribution in [1.29, 1.82) is 5.26 Å². The van der Waals surface area contributed by atoms with Crippen molar-refractivity contribution in [2.24, 2.45) is 0 Å². The Balaban J connectivity index is 1.83. The lowest BCUT2D eigenvalue weighted by Gasteiger charge is -2.12. The van der Waals surface area contributed by atoms with E-state index in [4.69, 9.17) is 0 Å². The van der Waals surface area contributed by atoms with Gasteiger partial charge in [-0.15, -0.1) is 0 Å². The maximum absolute atomic E-state index is 12.3. The molecule has 1 aliphatic heterocycles. The van der Waals surface area contributed by atoms with Gasteiger partial charge in [0, 0.05) is 17.2 Å². The molecule has 0 saturated heterocycles. The molecule has 2 aromatic rings. The van der Waals surface area contributed by atoms with Gasteiger partial charge in [0.25, 0.3) is 11.8 Å². The summed E-state index contributed by atoms with van der Waals surface area (Å²) in [5, 5.41) is 11.9. The third kappa shape index (κ3) is 2.97. The fourth-order valence-corrected chi connectivity index (χ4v) is 2.42. The van der Waals surface area contributed by atoms with E-state index < -0.39 is 5.91 Å². The van der Waals surface area contributed by atoms with Crippen LogP contribution in [0.1, 0.15) is 21.5 Å². The summed E-state index contributed by atoms with van der Waals surface area (Å²) in [5.74, 6) is -0.713. The van der Waals surface area contributed by atoms with Crippen LogP contribution in [0.3, 0.4) is 0 Å². The monoisotopic (exact) mass is 303 g/mol. The van der Waals surface area contributed by atoms with Crippen molar-refractivity contribution in [2.45, 2.75) is 6.54 Å². The fourth-order valence-electron chi connectivity index (χ4n) is 2.42. The van der Waals surface area contributed by atoms with Gasteiger partial charge in [-0.2, -0.15) is 5.26 Å². The van der Waals surface area contributed by atoms with Crippen LogP contribution in [0.2, 0.25) is 0 Å². The fraction of sp³-hybridized carbons (Fsp3) is 0.0556. The van der Waals surface area contributed by atoms with E-state index in [1.807, 2.05) is 36.5 Å². The van der Waals surface area contributed by atoms with Gasteiger partial charge in [0.1, 0.15) is 0 Å². The summed E-state index contributed by atoms with van der Waals surface area (Å²) in [4.78, 5) is 25.2. The Morgan fingerprint density at radius 1 is 1.09 bits per heavy atom. The van der Waals surface area contributed by atoms with E-state index in [2.05, 4.69) is 5.32 Å². The standard InChI is InChI=1S/C18H13N3O2/c19-12-21(11-13-6-2-1-3-7-13)17(22)10-16-14-8-4-5-9-15(14)18(23)20-16/h1-10H,11H2,(H,20,23). The summed E-state index contributed by atoms with van der Waals surface area (Å²) in [6, 6.07) is 16.3. The predicted octanol–water partition coefficient (Wildman–Crippen LogP) is 2.28. The van der Waals surface area contributed by atoms with Crippen LogP contribution in [0.5, 0.6) is 0 Å². The first-order valence-corrected chi connectivity index (χ1v) is 7.06. The molecule has 0 radical (unpaired) electrons. The second-order valence-corrected chi connectivity index (χ2v) is 5.07. The Bertz CT molecular complexity index is 835. The largest absolute Gasteiger partial charge is 0.321 e. The molecule has 2 amide bonds. The quantitative estimate of drug-likeness (QED) is 0.537. The van der Waals surface area contributed by atoms with Gasteiger partial charge < -0.3 is 5.32 Å². The number of nitrogens with one attached hydrogen (secondary N) is 1. The molecule has 112 valence electrons. The number of hydrogen-bond donors (Lipinski definition) is 1. The summed E-state index contributed by atoms with van der Waals surface area (Å²) in [6.45, 7) is 0.190. The lowest BCUT2D eigenvalue weighted by Crippen LogP contribution is -2.25. The molecule has 1 aliphatic rings. The molecule has 1 heterocycles.